The van der Waals surface area contributed by atoms with Crippen LogP contribution >= 0.6 is 0 Å². The molecule has 0 fully saturated rings. The molecule has 60 valence electrons. The predicted octanol–water partition coefficient (Wildman–Crippen LogP) is 0.923. The van der Waals surface area contributed by atoms with Gasteiger partial charge in [-0.05, 0) is 19.9 Å². The molecule has 0 aliphatic carbocycles. The van der Waals surface area contributed by atoms with Gasteiger partial charge in [-0.1, -0.05) is 19.1 Å². The number of aliphatic hydroxyl groups is 1. The average molecular weight is 143 g/mol. The predicted molar refractivity (Wildman–Crippen MR) is 44.0 cm³/mol. The van der Waals surface area contributed by atoms with E-state index < -0.39 is 0 Å². The van der Waals surface area contributed by atoms with Crippen molar-refractivity contribution in [3.05, 3.63) is 12.2 Å². The van der Waals surface area contributed by atoms with Crippen LogP contribution in [0.4, 0.5) is 0 Å². The van der Waals surface area contributed by atoms with Crippen LogP contribution < -0.4 is 5.32 Å². The van der Waals surface area contributed by atoms with Gasteiger partial charge in [0, 0.05) is 6.54 Å². The monoisotopic (exact) mass is 143 g/mol. The summed E-state index contributed by atoms with van der Waals surface area (Å²) in [6.45, 7) is 9.16. The smallest absolute Gasteiger partial charge is 0.0869 e. The lowest BCUT2D eigenvalue weighted by Crippen LogP contribution is -2.27. The van der Waals surface area contributed by atoms with Gasteiger partial charge >= 0.3 is 0 Å². The van der Waals surface area contributed by atoms with Crippen molar-refractivity contribution in [1.82, 2.24) is 5.32 Å². The normalized spacial score (nSPS) is 13.1. The standard InChI is InChI=1S/C8H17NO/c1-4-5-9-6-8(10)7(2)3/h8-10H,2,4-6H2,1,3H3. The Bertz CT molecular complexity index is 101. The maximum Gasteiger partial charge on any atom is 0.0869 e. The molecule has 0 spiro atoms. The Morgan fingerprint density at radius 2 is 2.30 bits per heavy atom. The van der Waals surface area contributed by atoms with Crippen molar-refractivity contribution in [2.45, 2.75) is 26.4 Å². The van der Waals surface area contributed by atoms with E-state index in [1.165, 1.54) is 0 Å². The van der Waals surface area contributed by atoms with E-state index in [1.807, 2.05) is 6.92 Å². The molecule has 1 atom stereocenters. The van der Waals surface area contributed by atoms with Crippen LogP contribution in [0.5, 0.6) is 0 Å². The molecule has 0 aromatic carbocycles. The Morgan fingerprint density at radius 3 is 2.70 bits per heavy atom. The van der Waals surface area contributed by atoms with Crippen molar-refractivity contribution in [2.24, 2.45) is 0 Å². The number of nitrogens with one attached hydrogen (secondary N) is 1. The van der Waals surface area contributed by atoms with Crippen molar-refractivity contribution < 1.29 is 5.11 Å². The molecule has 0 radical (unpaired) electrons. The average Bonchev–Trinajstić information content (AvgIpc) is 1.88. The molecule has 0 aliphatic heterocycles. The quantitative estimate of drug-likeness (QED) is 0.443. The van der Waals surface area contributed by atoms with Gasteiger partial charge in [0.25, 0.3) is 0 Å². The van der Waals surface area contributed by atoms with Gasteiger partial charge < -0.3 is 10.4 Å². The first-order valence-corrected chi connectivity index (χ1v) is 3.72. The van der Waals surface area contributed by atoms with Gasteiger partial charge in [0.2, 0.25) is 0 Å². The van der Waals surface area contributed by atoms with Gasteiger partial charge in [0.1, 0.15) is 0 Å². The van der Waals surface area contributed by atoms with Gasteiger partial charge in [-0.3, -0.25) is 0 Å². The zero-order chi connectivity index (χ0) is 7.98. The van der Waals surface area contributed by atoms with Crippen molar-refractivity contribution in [3.8, 4) is 0 Å². The summed E-state index contributed by atoms with van der Waals surface area (Å²) in [6.07, 6.45) is 0.717. The van der Waals surface area contributed by atoms with E-state index in [2.05, 4.69) is 18.8 Å². The van der Waals surface area contributed by atoms with Gasteiger partial charge in [-0.25, -0.2) is 0 Å². The Balaban J connectivity index is 3.21. The molecule has 2 heteroatoms. The second-order valence-corrected chi connectivity index (χ2v) is 2.57. The Hall–Kier alpha value is -0.340. The third-order valence-corrected chi connectivity index (χ3v) is 1.33. The lowest BCUT2D eigenvalue weighted by atomic mass is 10.2. The SMILES string of the molecule is C=C(C)C(O)CNCCC. The van der Waals surface area contributed by atoms with Gasteiger partial charge in [0.15, 0.2) is 0 Å². The highest BCUT2D eigenvalue weighted by molar-refractivity contribution is 4.97. The maximum absolute atomic E-state index is 9.19. The molecular weight excluding hydrogens is 126 g/mol. The highest BCUT2D eigenvalue weighted by Gasteiger charge is 2.01. The van der Waals surface area contributed by atoms with Crippen molar-refractivity contribution in [1.29, 1.82) is 0 Å². The summed E-state index contributed by atoms with van der Waals surface area (Å²) in [5.41, 5.74) is 0.823. The second kappa shape index (κ2) is 5.45. The minimum Gasteiger partial charge on any atom is -0.387 e. The third-order valence-electron chi connectivity index (χ3n) is 1.33. The molecular formula is C8H17NO. The first-order valence-electron chi connectivity index (χ1n) is 3.72. The molecule has 10 heavy (non-hydrogen) atoms. The largest absolute Gasteiger partial charge is 0.387 e. The lowest BCUT2D eigenvalue weighted by Gasteiger charge is -2.09. The molecule has 0 saturated carbocycles. The third kappa shape index (κ3) is 4.53. The molecule has 0 aromatic heterocycles. The minimum absolute atomic E-state index is 0.383. The summed E-state index contributed by atoms with van der Waals surface area (Å²) < 4.78 is 0. The number of hydrogen-bond acceptors (Lipinski definition) is 2. The number of hydrogen-bond donors (Lipinski definition) is 2. The van der Waals surface area contributed by atoms with Crippen LogP contribution in [0.15, 0.2) is 12.2 Å². The van der Waals surface area contributed by atoms with Crippen molar-refractivity contribution in [3.63, 3.8) is 0 Å². The van der Waals surface area contributed by atoms with Crippen LogP contribution in [0.3, 0.4) is 0 Å². The Labute approximate surface area is 62.9 Å². The summed E-state index contributed by atoms with van der Waals surface area (Å²) in [4.78, 5) is 0. The highest BCUT2D eigenvalue weighted by Crippen LogP contribution is 1.94. The minimum atomic E-state index is -0.383. The first-order chi connectivity index (χ1) is 4.68. The summed E-state index contributed by atoms with van der Waals surface area (Å²) in [6, 6.07) is 0. The van der Waals surface area contributed by atoms with Crippen LogP contribution in [0, 0.1) is 0 Å². The van der Waals surface area contributed by atoms with E-state index >= 15 is 0 Å². The molecule has 2 N–H and O–H groups in total. The first kappa shape index (κ1) is 9.66. The summed E-state index contributed by atoms with van der Waals surface area (Å²) in [5.74, 6) is 0. The van der Waals surface area contributed by atoms with Crippen molar-refractivity contribution in [2.75, 3.05) is 13.1 Å². The van der Waals surface area contributed by atoms with E-state index in [0.29, 0.717) is 6.54 Å². The Morgan fingerprint density at radius 1 is 1.70 bits per heavy atom. The maximum atomic E-state index is 9.19. The topological polar surface area (TPSA) is 32.3 Å². The highest BCUT2D eigenvalue weighted by atomic mass is 16.3. The number of rotatable bonds is 5. The molecule has 0 heterocycles. The van der Waals surface area contributed by atoms with Gasteiger partial charge in [-0.2, -0.15) is 0 Å². The van der Waals surface area contributed by atoms with E-state index in [4.69, 9.17) is 0 Å². The lowest BCUT2D eigenvalue weighted by molar-refractivity contribution is 0.207. The molecule has 0 aromatic rings. The fourth-order valence-electron chi connectivity index (χ4n) is 0.590. The van der Waals surface area contributed by atoms with Crippen LogP contribution in [-0.2, 0) is 0 Å². The number of aliphatic hydroxyl groups excluding tert-OH is 1. The van der Waals surface area contributed by atoms with E-state index in [0.717, 1.165) is 18.5 Å². The molecule has 0 saturated heterocycles. The molecule has 0 rings (SSSR count). The van der Waals surface area contributed by atoms with E-state index in [9.17, 15) is 5.11 Å². The van der Waals surface area contributed by atoms with Gasteiger partial charge in [-0.15, -0.1) is 0 Å². The van der Waals surface area contributed by atoms with Gasteiger partial charge in [0.05, 0.1) is 6.10 Å². The summed E-state index contributed by atoms with van der Waals surface area (Å²) >= 11 is 0. The molecule has 2 nitrogen and oxygen atoms in total. The zero-order valence-electron chi connectivity index (χ0n) is 6.85. The fourth-order valence-corrected chi connectivity index (χ4v) is 0.590. The van der Waals surface area contributed by atoms with Crippen LogP contribution in [-0.4, -0.2) is 24.3 Å². The van der Waals surface area contributed by atoms with E-state index in [-0.39, 0.29) is 6.10 Å². The van der Waals surface area contributed by atoms with E-state index in [1.54, 1.807) is 0 Å². The molecule has 0 bridgehead atoms. The zero-order valence-corrected chi connectivity index (χ0v) is 6.85. The Kier molecular flexibility index (Phi) is 5.26. The van der Waals surface area contributed by atoms with Crippen LogP contribution in [0.1, 0.15) is 20.3 Å². The molecule has 0 amide bonds. The molecule has 0 aliphatic rings. The van der Waals surface area contributed by atoms with Crippen LogP contribution in [0.25, 0.3) is 0 Å². The summed E-state index contributed by atoms with van der Waals surface area (Å²) in [5, 5.41) is 12.3. The fraction of sp³-hybridized carbons (Fsp3) is 0.750. The molecule has 1 unspecified atom stereocenters. The summed E-state index contributed by atoms with van der Waals surface area (Å²) in [7, 11) is 0. The second-order valence-electron chi connectivity index (χ2n) is 2.57. The van der Waals surface area contributed by atoms with Crippen LogP contribution in [0.2, 0.25) is 0 Å². The van der Waals surface area contributed by atoms with Crippen molar-refractivity contribution >= 4 is 0 Å².